The molecular weight excluding hydrogens is 536 g/mol. The lowest BCUT2D eigenvalue weighted by atomic mass is 9.98. The Bertz CT molecular complexity index is 1340. The van der Waals surface area contributed by atoms with E-state index in [0.29, 0.717) is 24.9 Å². The van der Waals surface area contributed by atoms with Crippen molar-refractivity contribution < 1.29 is 23.4 Å². The standard InChI is InChI=1S/C31H38N4O5Si/c1-30(2,3)41(21-13-9-7-10-14-21,22-15-11-8-12-16-22)38-20-24-29-28(39-31(4,5)40-29)23(19-37-24)33-25-17-27(36-6)35-26(18-32)34-25/h7-17,23-24,28-29H,19-20H2,1-6H3,(H,33,34,35)/t23-,24+,28+,29-/m0/s1. The van der Waals surface area contributed by atoms with E-state index in [1.165, 1.54) is 17.5 Å². The fourth-order valence-electron chi connectivity index (χ4n) is 5.91. The van der Waals surface area contributed by atoms with Crippen molar-refractivity contribution in [2.75, 3.05) is 25.6 Å². The molecule has 0 aliphatic carbocycles. The topological polar surface area (TPSA) is 108 Å². The molecule has 2 fully saturated rings. The average molecular weight is 575 g/mol. The fourth-order valence-corrected chi connectivity index (χ4v) is 10.5. The monoisotopic (exact) mass is 574 g/mol. The quantitative estimate of drug-likeness (QED) is 0.404. The number of nitriles is 1. The van der Waals surface area contributed by atoms with Crippen molar-refractivity contribution in [1.82, 2.24) is 9.97 Å². The molecule has 41 heavy (non-hydrogen) atoms. The van der Waals surface area contributed by atoms with Crippen LogP contribution in [-0.4, -0.2) is 68.7 Å². The molecule has 2 aliphatic rings. The number of benzene rings is 2. The largest absolute Gasteiger partial charge is 0.481 e. The molecule has 2 aromatic carbocycles. The maximum atomic E-state index is 9.35. The molecule has 2 saturated heterocycles. The smallest absolute Gasteiger partial charge is 0.261 e. The Kier molecular flexibility index (Phi) is 8.19. The highest BCUT2D eigenvalue weighted by Crippen LogP contribution is 2.40. The minimum Gasteiger partial charge on any atom is -0.481 e. The maximum Gasteiger partial charge on any atom is 0.261 e. The summed E-state index contributed by atoms with van der Waals surface area (Å²) < 4.78 is 31.7. The van der Waals surface area contributed by atoms with Crippen LogP contribution in [0.2, 0.25) is 5.04 Å². The van der Waals surface area contributed by atoms with Crippen LogP contribution >= 0.6 is 0 Å². The van der Waals surface area contributed by atoms with Crippen molar-refractivity contribution in [2.24, 2.45) is 0 Å². The lowest BCUT2D eigenvalue weighted by Crippen LogP contribution is -2.68. The number of methoxy groups -OCH3 is 1. The van der Waals surface area contributed by atoms with Crippen LogP contribution in [0.1, 0.15) is 40.4 Å². The third-order valence-corrected chi connectivity index (χ3v) is 12.6. The van der Waals surface area contributed by atoms with Gasteiger partial charge in [-0.05, 0) is 29.3 Å². The highest BCUT2D eigenvalue weighted by molar-refractivity contribution is 6.99. The van der Waals surface area contributed by atoms with E-state index >= 15 is 0 Å². The number of anilines is 1. The number of hydrogen-bond acceptors (Lipinski definition) is 9. The van der Waals surface area contributed by atoms with Crippen LogP contribution in [0.25, 0.3) is 0 Å². The molecular formula is C31H38N4O5Si. The highest BCUT2D eigenvalue weighted by atomic mass is 28.4. The van der Waals surface area contributed by atoms with Crippen molar-refractivity contribution in [3.63, 3.8) is 0 Å². The summed E-state index contributed by atoms with van der Waals surface area (Å²) in [5.74, 6) is -0.0377. The van der Waals surface area contributed by atoms with Gasteiger partial charge in [0.25, 0.3) is 8.32 Å². The first-order valence-corrected chi connectivity index (χ1v) is 15.8. The SMILES string of the molecule is COc1cc(N[C@H]2CO[C@H](CO[Si](c3ccccc3)(c3ccccc3)C(C)(C)C)[C@@H]3OC(C)(C)O[C@@H]32)nc(C#N)n1. The van der Waals surface area contributed by atoms with Crippen molar-refractivity contribution >= 4 is 24.5 Å². The number of hydrogen-bond donors (Lipinski definition) is 1. The summed E-state index contributed by atoms with van der Waals surface area (Å²) in [6.07, 6.45) is -1.07. The predicted octanol–water partition coefficient (Wildman–Crippen LogP) is 3.63. The summed E-state index contributed by atoms with van der Waals surface area (Å²) in [7, 11) is -1.27. The van der Waals surface area contributed by atoms with E-state index in [0.717, 1.165) is 0 Å². The number of nitrogens with zero attached hydrogens (tertiary/aromatic N) is 3. The molecule has 0 unspecified atom stereocenters. The second kappa shape index (κ2) is 11.5. The molecule has 1 aromatic heterocycles. The molecule has 4 atom stereocenters. The summed E-state index contributed by atoms with van der Waals surface area (Å²) in [5, 5.41) is 15.0. The molecule has 0 amide bonds. The zero-order valence-corrected chi connectivity index (χ0v) is 25.5. The van der Waals surface area contributed by atoms with Crippen LogP contribution in [0.15, 0.2) is 66.7 Å². The normalized spacial score (nSPS) is 23.8. The first-order chi connectivity index (χ1) is 19.6. The fraction of sp³-hybridized carbons (Fsp3) is 0.452. The van der Waals surface area contributed by atoms with Crippen LogP contribution < -0.4 is 20.4 Å². The number of ether oxygens (including phenoxy) is 4. The molecule has 10 heteroatoms. The molecule has 0 radical (unpaired) electrons. The summed E-state index contributed by atoms with van der Waals surface area (Å²) >= 11 is 0. The van der Waals surface area contributed by atoms with Gasteiger partial charge in [-0.2, -0.15) is 10.2 Å². The Labute approximate surface area is 242 Å². The second-order valence-electron chi connectivity index (χ2n) is 11.9. The lowest BCUT2D eigenvalue weighted by molar-refractivity contribution is -0.156. The van der Waals surface area contributed by atoms with Crippen molar-refractivity contribution in [2.45, 2.75) is 69.8 Å². The van der Waals surface area contributed by atoms with Crippen LogP contribution in [-0.2, 0) is 18.6 Å². The molecule has 9 nitrogen and oxygen atoms in total. The number of fused-ring (bicyclic) bond motifs is 1. The molecule has 3 heterocycles. The van der Waals surface area contributed by atoms with Crippen LogP contribution in [0.5, 0.6) is 5.88 Å². The van der Waals surface area contributed by atoms with E-state index in [2.05, 4.69) is 84.6 Å². The van der Waals surface area contributed by atoms with E-state index in [1.54, 1.807) is 6.07 Å². The summed E-state index contributed by atoms with van der Waals surface area (Å²) in [5.41, 5.74) is 0. The molecule has 3 aromatic rings. The summed E-state index contributed by atoms with van der Waals surface area (Å²) in [6, 6.07) is 24.4. The Morgan fingerprint density at radius 1 is 1.00 bits per heavy atom. The van der Waals surface area contributed by atoms with Gasteiger partial charge in [0.05, 0.1) is 26.4 Å². The van der Waals surface area contributed by atoms with E-state index in [1.807, 2.05) is 32.0 Å². The summed E-state index contributed by atoms with van der Waals surface area (Å²) in [4.78, 5) is 8.34. The van der Waals surface area contributed by atoms with Crippen molar-refractivity contribution in [1.29, 1.82) is 5.26 Å². The molecule has 5 rings (SSSR count). The van der Waals surface area contributed by atoms with Gasteiger partial charge in [-0.1, -0.05) is 81.4 Å². The number of nitrogens with one attached hydrogen (secondary N) is 1. The van der Waals surface area contributed by atoms with Gasteiger partial charge in [-0.3, -0.25) is 0 Å². The molecule has 1 N–H and O–H groups in total. The van der Waals surface area contributed by atoms with Crippen molar-refractivity contribution in [3.8, 4) is 11.9 Å². The second-order valence-corrected chi connectivity index (χ2v) is 16.2. The predicted molar refractivity (Wildman–Crippen MR) is 158 cm³/mol. The Morgan fingerprint density at radius 2 is 1.61 bits per heavy atom. The summed E-state index contributed by atoms with van der Waals surface area (Å²) in [6.45, 7) is 11.3. The minimum atomic E-state index is -2.77. The van der Waals surface area contributed by atoms with Gasteiger partial charge in [0.15, 0.2) is 5.79 Å². The van der Waals surface area contributed by atoms with Gasteiger partial charge in [0.1, 0.15) is 30.2 Å². The van der Waals surface area contributed by atoms with Crippen LogP contribution in [0.4, 0.5) is 5.82 Å². The van der Waals surface area contributed by atoms with Crippen molar-refractivity contribution in [3.05, 3.63) is 72.6 Å². The van der Waals surface area contributed by atoms with E-state index in [-0.39, 0.29) is 35.2 Å². The minimum absolute atomic E-state index is 0.0145. The van der Waals surface area contributed by atoms with Gasteiger partial charge in [0.2, 0.25) is 11.7 Å². The van der Waals surface area contributed by atoms with Gasteiger partial charge < -0.3 is 28.7 Å². The number of aromatic nitrogens is 2. The van der Waals surface area contributed by atoms with Gasteiger partial charge in [0, 0.05) is 6.07 Å². The van der Waals surface area contributed by atoms with E-state index in [9.17, 15) is 5.26 Å². The lowest BCUT2D eigenvalue weighted by Gasteiger charge is -2.45. The molecule has 216 valence electrons. The van der Waals surface area contributed by atoms with Gasteiger partial charge >= 0.3 is 0 Å². The maximum absolute atomic E-state index is 9.35. The third-order valence-electron chi connectivity index (χ3n) is 7.64. The molecule has 2 aliphatic heterocycles. The Morgan fingerprint density at radius 3 is 2.17 bits per heavy atom. The Hall–Kier alpha value is -3.33. The van der Waals surface area contributed by atoms with E-state index < -0.39 is 14.1 Å². The average Bonchev–Trinajstić information content (AvgIpc) is 3.30. The number of rotatable bonds is 8. The zero-order valence-electron chi connectivity index (χ0n) is 24.5. The molecule has 0 saturated carbocycles. The first kappa shape index (κ1) is 29.2. The third kappa shape index (κ3) is 5.87. The molecule has 0 bridgehead atoms. The van der Waals surface area contributed by atoms with Crippen LogP contribution in [0.3, 0.4) is 0 Å². The zero-order chi connectivity index (χ0) is 29.3. The highest BCUT2D eigenvalue weighted by Gasteiger charge is 2.55. The van der Waals surface area contributed by atoms with Crippen LogP contribution in [0, 0.1) is 11.3 Å². The Balaban J connectivity index is 1.43. The van der Waals surface area contributed by atoms with Gasteiger partial charge in [-0.15, -0.1) is 0 Å². The molecule has 0 spiro atoms. The first-order valence-electron chi connectivity index (χ1n) is 13.9. The van der Waals surface area contributed by atoms with E-state index in [4.69, 9.17) is 23.4 Å². The van der Waals surface area contributed by atoms with Gasteiger partial charge in [-0.25, -0.2) is 4.98 Å².